The SMILES string of the molecule is CCN(C(=O)c1ccnc(C#N)c1)c1cccc2ccccc12. The molecule has 0 aliphatic carbocycles. The third kappa shape index (κ3) is 2.77. The molecule has 4 heteroatoms. The van der Waals surface area contributed by atoms with Crippen molar-refractivity contribution in [1.82, 2.24) is 4.98 Å². The molecule has 2 aromatic carbocycles. The van der Waals surface area contributed by atoms with E-state index in [2.05, 4.69) is 4.98 Å². The monoisotopic (exact) mass is 301 g/mol. The van der Waals surface area contributed by atoms with Crippen molar-refractivity contribution in [2.45, 2.75) is 6.92 Å². The largest absolute Gasteiger partial charge is 0.308 e. The molecule has 0 atom stereocenters. The highest BCUT2D eigenvalue weighted by atomic mass is 16.2. The van der Waals surface area contributed by atoms with Gasteiger partial charge < -0.3 is 4.90 Å². The standard InChI is InChI=1S/C19H15N3O/c1-2-22(19(23)15-10-11-21-16(12-15)13-20)18-9-5-7-14-6-3-4-8-17(14)18/h3-12H,2H2,1H3. The second-order valence-electron chi connectivity index (χ2n) is 5.09. The maximum atomic E-state index is 12.9. The van der Waals surface area contributed by atoms with Crippen LogP contribution in [0.4, 0.5) is 5.69 Å². The van der Waals surface area contributed by atoms with Crippen LogP contribution in [0.15, 0.2) is 60.8 Å². The minimum atomic E-state index is -0.136. The molecule has 0 saturated carbocycles. The van der Waals surface area contributed by atoms with Gasteiger partial charge in [-0.1, -0.05) is 36.4 Å². The van der Waals surface area contributed by atoms with Crippen LogP contribution >= 0.6 is 0 Å². The Balaban J connectivity index is 2.08. The molecular formula is C19H15N3O. The van der Waals surface area contributed by atoms with Gasteiger partial charge in [-0.3, -0.25) is 4.79 Å². The molecule has 3 aromatic rings. The Labute approximate surface area is 134 Å². The summed E-state index contributed by atoms with van der Waals surface area (Å²) in [5.41, 5.74) is 1.57. The highest BCUT2D eigenvalue weighted by Crippen LogP contribution is 2.27. The molecule has 0 N–H and O–H groups in total. The minimum Gasteiger partial charge on any atom is -0.308 e. The van der Waals surface area contributed by atoms with Gasteiger partial charge in [-0.05, 0) is 30.5 Å². The van der Waals surface area contributed by atoms with Crippen molar-refractivity contribution in [3.05, 3.63) is 72.1 Å². The number of hydrogen-bond acceptors (Lipinski definition) is 3. The van der Waals surface area contributed by atoms with Crippen LogP contribution in [-0.2, 0) is 0 Å². The highest BCUT2D eigenvalue weighted by molar-refractivity contribution is 6.10. The predicted molar refractivity (Wildman–Crippen MR) is 90.3 cm³/mol. The van der Waals surface area contributed by atoms with Gasteiger partial charge in [0.05, 0.1) is 5.69 Å². The van der Waals surface area contributed by atoms with E-state index in [0.717, 1.165) is 16.5 Å². The fourth-order valence-corrected chi connectivity index (χ4v) is 2.65. The summed E-state index contributed by atoms with van der Waals surface area (Å²) in [6, 6.07) is 19.0. The molecule has 1 heterocycles. The lowest BCUT2D eigenvalue weighted by Gasteiger charge is -2.23. The van der Waals surface area contributed by atoms with Crippen LogP contribution in [0.5, 0.6) is 0 Å². The van der Waals surface area contributed by atoms with Gasteiger partial charge in [0, 0.05) is 23.7 Å². The molecule has 0 radical (unpaired) electrons. The molecule has 0 bridgehead atoms. The first-order valence-electron chi connectivity index (χ1n) is 7.40. The zero-order chi connectivity index (χ0) is 16.2. The van der Waals surface area contributed by atoms with E-state index in [-0.39, 0.29) is 11.6 Å². The van der Waals surface area contributed by atoms with Crippen LogP contribution in [-0.4, -0.2) is 17.4 Å². The molecule has 0 unspecified atom stereocenters. The summed E-state index contributed by atoms with van der Waals surface area (Å²) in [5, 5.41) is 11.1. The molecule has 1 aromatic heterocycles. The molecule has 3 rings (SSSR count). The van der Waals surface area contributed by atoms with E-state index in [1.165, 1.54) is 12.3 Å². The number of hydrogen-bond donors (Lipinski definition) is 0. The summed E-state index contributed by atoms with van der Waals surface area (Å²) >= 11 is 0. The summed E-state index contributed by atoms with van der Waals surface area (Å²) in [6.07, 6.45) is 1.49. The second-order valence-corrected chi connectivity index (χ2v) is 5.09. The van der Waals surface area contributed by atoms with Crippen molar-refractivity contribution in [2.24, 2.45) is 0 Å². The molecule has 4 nitrogen and oxygen atoms in total. The normalized spacial score (nSPS) is 10.3. The summed E-state index contributed by atoms with van der Waals surface area (Å²) < 4.78 is 0. The Morgan fingerprint density at radius 2 is 1.96 bits per heavy atom. The number of nitrogens with zero attached hydrogens (tertiary/aromatic N) is 3. The smallest absolute Gasteiger partial charge is 0.258 e. The Hall–Kier alpha value is -3.19. The van der Waals surface area contributed by atoms with Crippen molar-refractivity contribution in [1.29, 1.82) is 5.26 Å². The first kappa shape index (κ1) is 14.7. The van der Waals surface area contributed by atoms with Crippen molar-refractivity contribution in [2.75, 3.05) is 11.4 Å². The van der Waals surface area contributed by atoms with Gasteiger partial charge >= 0.3 is 0 Å². The number of amides is 1. The first-order valence-corrected chi connectivity index (χ1v) is 7.40. The van der Waals surface area contributed by atoms with Crippen molar-refractivity contribution in [3.8, 4) is 6.07 Å². The third-order valence-corrected chi connectivity index (χ3v) is 3.74. The maximum Gasteiger partial charge on any atom is 0.258 e. The molecule has 0 aliphatic heterocycles. The molecular weight excluding hydrogens is 286 g/mol. The molecule has 0 saturated heterocycles. The van der Waals surface area contributed by atoms with Crippen molar-refractivity contribution >= 4 is 22.4 Å². The fraction of sp³-hybridized carbons (Fsp3) is 0.105. The Morgan fingerprint density at radius 3 is 2.74 bits per heavy atom. The zero-order valence-corrected chi connectivity index (χ0v) is 12.7. The average molecular weight is 301 g/mol. The molecule has 0 aliphatic rings. The number of benzene rings is 2. The van der Waals surface area contributed by atoms with E-state index in [4.69, 9.17) is 5.26 Å². The van der Waals surface area contributed by atoms with E-state index >= 15 is 0 Å². The van der Waals surface area contributed by atoms with Gasteiger partial charge in [0.15, 0.2) is 0 Å². The number of carbonyl (C=O) groups excluding carboxylic acids is 1. The number of aromatic nitrogens is 1. The zero-order valence-electron chi connectivity index (χ0n) is 12.7. The van der Waals surface area contributed by atoms with Gasteiger partial charge in [-0.25, -0.2) is 4.98 Å². The van der Waals surface area contributed by atoms with Gasteiger partial charge in [0.1, 0.15) is 11.8 Å². The molecule has 0 spiro atoms. The van der Waals surface area contributed by atoms with E-state index in [1.54, 1.807) is 11.0 Å². The van der Waals surface area contributed by atoms with Crippen LogP contribution in [0.1, 0.15) is 23.0 Å². The van der Waals surface area contributed by atoms with Gasteiger partial charge in [-0.15, -0.1) is 0 Å². The molecule has 23 heavy (non-hydrogen) atoms. The van der Waals surface area contributed by atoms with Crippen molar-refractivity contribution < 1.29 is 4.79 Å². The number of carbonyl (C=O) groups is 1. The molecule has 112 valence electrons. The third-order valence-electron chi connectivity index (χ3n) is 3.74. The number of anilines is 1. The lowest BCUT2D eigenvalue weighted by Crippen LogP contribution is -2.30. The fourth-order valence-electron chi connectivity index (χ4n) is 2.65. The number of rotatable bonds is 3. The average Bonchev–Trinajstić information content (AvgIpc) is 2.62. The summed E-state index contributed by atoms with van der Waals surface area (Å²) in [5.74, 6) is -0.136. The quantitative estimate of drug-likeness (QED) is 0.740. The number of fused-ring (bicyclic) bond motifs is 1. The van der Waals surface area contributed by atoms with Crippen LogP contribution in [0.3, 0.4) is 0 Å². The van der Waals surface area contributed by atoms with E-state index in [1.807, 2.05) is 55.5 Å². The Kier molecular flexibility index (Phi) is 4.03. The summed E-state index contributed by atoms with van der Waals surface area (Å²) in [7, 11) is 0. The maximum absolute atomic E-state index is 12.9. The second kappa shape index (κ2) is 6.29. The van der Waals surface area contributed by atoms with Crippen LogP contribution in [0.2, 0.25) is 0 Å². The lowest BCUT2D eigenvalue weighted by atomic mass is 10.1. The molecule has 1 amide bonds. The molecule has 0 fully saturated rings. The topological polar surface area (TPSA) is 57.0 Å². The minimum absolute atomic E-state index is 0.136. The lowest BCUT2D eigenvalue weighted by molar-refractivity contribution is 0.0988. The van der Waals surface area contributed by atoms with E-state index in [0.29, 0.717) is 12.1 Å². The van der Waals surface area contributed by atoms with Crippen LogP contribution in [0.25, 0.3) is 10.8 Å². The van der Waals surface area contributed by atoms with Crippen LogP contribution < -0.4 is 4.90 Å². The van der Waals surface area contributed by atoms with Gasteiger partial charge in [0.25, 0.3) is 5.91 Å². The van der Waals surface area contributed by atoms with Crippen LogP contribution in [0, 0.1) is 11.3 Å². The summed E-state index contributed by atoms with van der Waals surface area (Å²) in [4.78, 5) is 18.5. The highest BCUT2D eigenvalue weighted by Gasteiger charge is 2.18. The first-order chi connectivity index (χ1) is 11.2. The summed E-state index contributed by atoms with van der Waals surface area (Å²) in [6.45, 7) is 2.48. The Morgan fingerprint density at radius 1 is 1.17 bits per heavy atom. The van der Waals surface area contributed by atoms with Gasteiger partial charge in [-0.2, -0.15) is 5.26 Å². The number of nitriles is 1. The van der Waals surface area contributed by atoms with Gasteiger partial charge in [0.2, 0.25) is 0 Å². The number of pyridine rings is 1. The van der Waals surface area contributed by atoms with E-state index < -0.39 is 0 Å². The Bertz CT molecular complexity index is 906. The predicted octanol–water partition coefficient (Wildman–Crippen LogP) is 3.77. The van der Waals surface area contributed by atoms with E-state index in [9.17, 15) is 4.79 Å². The van der Waals surface area contributed by atoms with Crippen molar-refractivity contribution in [3.63, 3.8) is 0 Å².